The van der Waals surface area contributed by atoms with E-state index in [2.05, 4.69) is 55.4 Å². The van der Waals surface area contributed by atoms with Crippen molar-refractivity contribution in [2.24, 2.45) is 0 Å². The average molecular weight is 841 g/mol. The number of benzene rings is 2. The SMILES string of the molecule is C.COC(=O)CCC1(C)CCc2c3c(c(C)c(C)c2O1)OC(C)(CCC(=O)OC)CC3.COC(=O)CCC1(C)CCc2c3c(c(C)c(C)c2O1)OC(C)(CCOCO)CC3. The van der Waals surface area contributed by atoms with E-state index in [-0.39, 0.29) is 54.5 Å². The summed E-state index contributed by atoms with van der Waals surface area (Å²) < 4.78 is 45.6. The first-order chi connectivity index (χ1) is 27.8. The van der Waals surface area contributed by atoms with Crippen molar-refractivity contribution in [3.8, 4) is 23.0 Å². The normalized spacial score (nSPS) is 24.7. The zero-order chi connectivity index (χ0) is 43.3. The number of esters is 3. The number of ether oxygens (including phenoxy) is 8. The van der Waals surface area contributed by atoms with Crippen molar-refractivity contribution in [1.29, 1.82) is 0 Å². The third-order valence-electron chi connectivity index (χ3n) is 13.4. The minimum Gasteiger partial charge on any atom is -0.487 e. The molecule has 12 heteroatoms. The molecule has 0 aromatic heterocycles. The summed E-state index contributed by atoms with van der Waals surface area (Å²) in [6, 6.07) is 0. The summed E-state index contributed by atoms with van der Waals surface area (Å²) >= 11 is 0. The third-order valence-corrected chi connectivity index (χ3v) is 13.4. The van der Waals surface area contributed by atoms with Gasteiger partial charge in [0.15, 0.2) is 0 Å². The fourth-order valence-electron chi connectivity index (χ4n) is 8.95. The lowest BCUT2D eigenvalue weighted by Crippen LogP contribution is -2.40. The highest BCUT2D eigenvalue weighted by Crippen LogP contribution is 2.50. The van der Waals surface area contributed by atoms with Gasteiger partial charge in [-0.2, -0.15) is 0 Å². The van der Waals surface area contributed by atoms with E-state index in [0.29, 0.717) is 45.1 Å². The van der Waals surface area contributed by atoms with E-state index >= 15 is 0 Å². The lowest BCUT2D eigenvalue weighted by Gasteiger charge is -2.42. The summed E-state index contributed by atoms with van der Waals surface area (Å²) in [6.45, 7) is 16.9. The maximum absolute atomic E-state index is 11.6. The van der Waals surface area contributed by atoms with Crippen LogP contribution >= 0.6 is 0 Å². The van der Waals surface area contributed by atoms with Crippen LogP contribution in [0.4, 0.5) is 0 Å². The molecule has 4 aliphatic heterocycles. The monoisotopic (exact) mass is 841 g/mol. The van der Waals surface area contributed by atoms with Gasteiger partial charge in [0.05, 0.1) is 27.9 Å². The summed E-state index contributed by atoms with van der Waals surface area (Å²) in [5.41, 5.74) is 7.98. The molecular weight excluding hydrogens is 769 g/mol. The van der Waals surface area contributed by atoms with Crippen LogP contribution < -0.4 is 18.9 Å². The zero-order valence-corrected chi connectivity index (χ0v) is 37.5. The minimum atomic E-state index is -0.378. The highest BCUT2D eigenvalue weighted by Gasteiger charge is 2.42. The molecule has 336 valence electrons. The van der Waals surface area contributed by atoms with Crippen LogP contribution in [0.2, 0.25) is 0 Å². The number of carbonyl (C=O) groups is 3. The van der Waals surface area contributed by atoms with Gasteiger partial charge in [-0.25, -0.2) is 0 Å². The van der Waals surface area contributed by atoms with Crippen molar-refractivity contribution in [3.63, 3.8) is 0 Å². The Morgan fingerprint density at radius 2 is 0.750 bits per heavy atom. The van der Waals surface area contributed by atoms with E-state index < -0.39 is 0 Å². The topological polar surface area (TPSA) is 145 Å². The predicted molar refractivity (Wildman–Crippen MR) is 229 cm³/mol. The Morgan fingerprint density at radius 1 is 0.500 bits per heavy atom. The van der Waals surface area contributed by atoms with Crippen molar-refractivity contribution < 1.29 is 57.4 Å². The summed E-state index contributed by atoms with van der Waals surface area (Å²) in [6.07, 6.45) is 10.9. The number of methoxy groups -OCH3 is 3. The Hall–Kier alpha value is -4.03. The first-order valence-corrected chi connectivity index (χ1v) is 21.3. The Kier molecular flexibility index (Phi) is 16.0. The van der Waals surface area contributed by atoms with E-state index in [1.807, 2.05) is 0 Å². The van der Waals surface area contributed by atoms with Gasteiger partial charge < -0.3 is 43.0 Å². The number of fused-ring (bicyclic) bond motifs is 6. The molecule has 0 bridgehead atoms. The molecule has 60 heavy (non-hydrogen) atoms. The summed E-state index contributed by atoms with van der Waals surface area (Å²) in [5, 5.41) is 8.87. The van der Waals surface area contributed by atoms with Crippen molar-refractivity contribution in [2.75, 3.05) is 34.7 Å². The van der Waals surface area contributed by atoms with Crippen molar-refractivity contribution in [3.05, 3.63) is 44.5 Å². The van der Waals surface area contributed by atoms with E-state index in [1.54, 1.807) is 0 Å². The molecular formula is C48H72O12. The van der Waals surface area contributed by atoms with Gasteiger partial charge in [0.25, 0.3) is 0 Å². The van der Waals surface area contributed by atoms with Crippen LogP contribution in [0.3, 0.4) is 0 Å². The Bertz CT molecular complexity index is 1820. The molecule has 4 heterocycles. The van der Waals surface area contributed by atoms with Gasteiger partial charge in [0.1, 0.15) is 52.2 Å². The number of rotatable bonds is 13. The quantitative estimate of drug-likeness (QED) is 0.0891. The largest absolute Gasteiger partial charge is 0.487 e. The third kappa shape index (κ3) is 10.9. The molecule has 0 fully saturated rings. The number of hydrogen-bond donors (Lipinski definition) is 1. The van der Waals surface area contributed by atoms with Gasteiger partial charge >= 0.3 is 17.9 Å². The zero-order valence-electron chi connectivity index (χ0n) is 37.5. The number of hydrogen-bond acceptors (Lipinski definition) is 12. The van der Waals surface area contributed by atoms with E-state index in [1.165, 1.54) is 43.6 Å². The first-order valence-electron chi connectivity index (χ1n) is 21.3. The molecule has 2 aromatic rings. The van der Waals surface area contributed by atoms with Gasteiger partial charge in [-0.3, -0.25) is 14.4 Å². The molecule has 1 N–H and O–H groups in total. The van der Waals surface area contributed by atoms with Gasteiger partial charge in [0.2, 0.25) is 0 Å². The Labute approximate surface area is 358 Å². The summed E-state index contributed by atoms with van der Waals surface area (Å²) in [7, 11) is 4.26. The smallest absolute Gasteiger partial charge is 0.305 e. The van der Waals surface area contributed by atoms with Crippen LogP contribution in [0.15, 0.2) is 0 Å². The standard InChI is InChI=1S/C24H34O6.C23H34O6.CH4/c1-15-16(2)22-18(8-12-24(4,30-22)14-10-20(26)28-6)17-7-11-23(3,29-21(15)17)13-9-19(25)27-5;1-15-16(2)21-18(7-10-23(4,29-21)12-13-27-14-24)17-6-9-22(3,28-20(15)17)11-8-19(25)26-5;/h7-14H2,1-6H3;24H,6-14H2,1-5H3;1H4. The van der Waals surface area contributed by atoms with Crippen molar-refractivity contribution >= 4 is 17.9 Å². The molecule has 4 unspecified atom stereocenters. The van der Waals surface area contributed by atoms with Crippen molar-refractivity contribution in [2.45, 2.75) is 182 Å². The summed E-state index contributed by atoms with van der Waals surface area (Å²) in [4.78, 5) is 34.8. The van der Waals surface area contributed by atoms with E-state index in [4.69, 9.17) is 43.0 Å². The number of carbonyl (C=O) groups excluding carboxylic acids is 3. The fourth-order valence-corrected chi connectivity index (χ4v) is 8.95. The molecule has 4 atom stereocenters. The maximum Gasteiger partial charge on any atom is 0.305 e. The van der Waals surface area contributed by atoms with Gasteiger partial charge in [-0.05, 0) is 148 Å². The van der Waals surface area contributed by atoms with Gasteiger partial charge in [-0.15, -0.1) is 0 Å². The average Bonchev–Trinajstić information content (AvgIpc) is 3.22. The lowest BCUT2D eigenvalue weighted by atomic mass is 9.80. The van der Waals surface area contributed by atoms with Crippen molar-refractivity contribution in [1.82, 2.24) is 0 Å². The van der Waals surface area contributed by atoms with Crippen LogP contribution in [0, 0.1) is 27.7 Å². The maximum atomic E-state index is 11.6. The van der Waals surface area contributed by atoms with Gasteiger partial charge in [-0.1, -0.05) is 7.43 Å². The van der Waals surface area contributed by atoms with Crippen LogP contribution in [0.1, 0.15) is 150 Å². The molecule has 6 rings (SSSR count). The molecule has 0 aliphatic carbocycles. The molecule has 0 radical (unpaired) electrons. The second-order valence-electron chi connectivity index (χ2n) is 18.0. The van der Waals surface area contributed by atoms with Crippen LogP contribution in [0.25, 0.3) is 0 Å². The second kappa shape index (κ2) is 19.8. The highest BCUT2D eigenvalue weighted by molar-refractivity contribution is 5.70. The highest BCUT2D eigenvalue weighted by atomic mass is 16.6. The number of aliphatic hydroxyl groups excluding tert-OH is 1. The Balaban J connectivity index is 0.000000260. The molecule has 12 nitrogen and oxygen atoms in total. The van der Waals surface area contributed by atoms with Crippen LogP contribution in [0.5, 0.6) is 23.0 Å². The molecule has 2 aromatic carbocycles. The summed E-state index contributed by atoms with van der Waals surface area (Å²) in [5.74, 6) is 3.25. The predicted octanol–water partition coefficient (Wildman–Crippen LogP) is 8.79. The van der Waals surface area contributed by atoms with E-state index in [0.717, 1.165) is 103 Å². The van der Waals surface area contributed by atoms with E-state index in [9.17, 15) is 14.4 Å². The second-order valence-corrected chi connectivity index (χ2v) is 18.0. The Morgan fingerprint density at radius 3 is 0.983 bits per heavy atom. The molecule has 0 saturated carbocycles. The number of aliphatic hydroxyl groups is 1. The fraction of sp³-hybridized carbons (Fsp3) is 0.688. The lowest BCUT2D eigenvalue weighted by molar-refractivity contribution is -0.142. The van der Waals surface area contributed by atoms with Crippen LogP contribution in [-0.2, 0) is 59.0 Å². The molecule has 0 amide bonds. The first kappa shape index (κ1) is 48.6. The minimum absolute atomic E-state index is 0. The molecule has 4 aliphatic rings. The molecule has 0 saturated heterocycles. The van der Waals surface area contributed by atoms with Crippen LogP contribution in [-0.4, -0.2) is 80.1 Å². The van der Waals surface area contributed by atoms with Gasteiger partial charge in [0, 0.05) is 47.9 Å². The molecule has 0 spiro atoms.